The summed E-state index contributed by atoms with van der Waals surface area (Å²) in [4.78, 5) is 23.9. The first-order valence-electron chi connectivity index (χ1n) is 5.36. The van der Waals surface area contributed by atoms with Gasteiger partial charge in [0.15, 0.2) is 0 Å². The summed E-state index contributed by atoms with van der Waals surface area (Å²) in [7, 11) is 0. The van der Waals surface area contributed by atoms with E-state index in [1.54, 1.807) is 0 Å². The van der Waals surface area contributed by atoms with E-state index in [0.717, 1.165) is 12.0 Å². The van der Waals surface area contributed by atoms with Gasteiger partial charge in [-0.1, -0.05) is 31.2 Å². The molecular weight excluding hydrogens is 204 g/mol. The van der Waals surface area contributed by atoms with Gasteiger partial charge in [-0.05, 0) is 17.5 Å². The number of carbonyl (C=O) groups is 2. The summed E-state index contributed by atoms with van der Waals surface area (Å²) in [6, 6.07) is 7.68. The van der Waals surface area contributed by atoms with Crippen molar-refractivity contribution in [3.05, 3.63) is 35.4 Å². The maximum absolute atomic E-state index is 11.4. The van der Waals surface area contributed by atoms with Crippen molar-refractivity contribution in [2.45, 2.75) is 19.9 Å². The van der Waals surface area contributed by atoms with E-state index in [-0.39, 0.29) is 18.5 Å². The highest BCUT2D eigenvalue weighted by Crippen LogP contribution is 2.13. The minimum Gasteiger partial charge on any atom is -0.311 e. The summed E-state index contributed by atoms with van der Waals surface area (Å²) in [5.41, 5.74) is 2.32. The Morgan fingerprint density at radius 3 is 2.50 bits per heavy atom. The van der Waals surface area contributed by atoms with Gasteiger partial charge in [-0.25, -0.2) is 4.79 Å². The molecule has 0 spiro atoms. The Balaban J connectivity index is 2.14. The van der Waals surface area contributed by atoms with Crippen LogP contribution >= 0.6 is 0 Å². The monoisotopic (exact) mass is 218 g/mol. The average Bonchev–Trinajstić information content (AvgIpc) is 2.58. The van der Waals surface area contributed by atoms with E-state index in [4.69, 9.17) is 0 Å². The predicted molar refractivity (Wildman–Crippen MR) is 59.8 cm³/mol. The van der Waals surface area contributed by atoms with E-state index in [2.05, 4.69) is 12.2 Å². The zero-order valence-corrected chi connectivity index (χ0v) is 9.19. The Morgan fingerprint density at radius 1 is 1.25 bits per heavy atom. The molecule has 0 radical (unpaired) electrons. The van der Waals surface area contributed by atoms with Crippen molar-refractivity contribution in [2.24, 2.45) is 0 Å². The molecule has 3 amide bonds. The van der Waals surface area contributed by atoms with E-state index in [0.29, 0.717) is 6.54 Å². The van der Waals surface area contributed by atoms with Crippen molar-refractivity contribution in [1.82, 2.24) is 10.2 Å². The van der Waals surface area contributed by atoms with Crippen molar-refractivity contribution in [2.75, 3.05) is 6.54 Å². The average molecular weight is 218 g/mol. The first-order chi connectivity index (χ1) is 7.70. The third-order valence-corrected chi connectivity index (χ3v) is 2.73. The molecule has 1 saturated heterocycles. The van der Waals surface area contributed by atoms with Crippen LogP contribution in [0.15, 0.2) is 24.3 Å². The Hall–Kier alpha value is -1.84. The molecule has 1 aromatic carbocycles. The van der Waals surface area contributed by atoms with E-state index in [1.807, 2.05) is 24.3 Å². The largest absolute Gasteiger partial charge is 0.324 e. The van der Waals surface area contributed by atoms with Crippen LogP contribution in [0.1, 0.15) is 18.1 Å². The predicted octanol–water partition coefficient (Wildman–Crippen LogP) is 1.30. The number of aryl methyl sites for hydroxylation is 1. The van der Waals surface area contributed by atoms with Crippen LogP contribution in [0, 0.1) is 0 Å². The molecule has 1 aliphatic rings. The van der Waals surface area contributed by atoms with Crippen LogP contribution in [0.25, 0.3) is 0 Å². The molecular formula is C12H14N2O2. The van der Waals surface area contributed by atoms with Gasteiger partial charge in [0.1, 0.15) is 6.54 Å². The first kappa shape index (κ1) is 10.7. The molecule has 0 unspecified atom stereocenters. The summed E-state index contributed by atoms with van der Waals surface area (Å²) in [5.74, 6) is -0.223. The lowest BCUT2D eigenvalue weighted by atomic mass is 10.1. The zero-order chi connectivity index (χ0) is 11.5. The lowest BCUT2D eigenvalue weighted by molar-refractivity contribution is -0.118. The normalized spacial score (nSPS) is 15.4. The summed E-state index contributed by atoms with van der Waals surface area (Å²) in [5, 5.41) is 2.27. The number of carbonyl (C=O) groups excluding carboxylic acids is 2. The van der Waals surface area contributed by atoms with Crippen LogP contribution in [0.4, 0.5) is 4.79 Å². The molecule has 0 saturated carbocycles. The number of hydrogen-bond donors (Lipinski definition) is 1. The number of nitrogens with zero attached hydrogens (tertiary/aromatic N) is 1. The summed E-state index contributed by atoms with van der Waals surface area (Å²) in [6.07, 6.45) is 0.930. The molecule has 16 heavy (non-hydrogen) atoms. The van der Waals surface area contributed by atoms with Gasteiger partial charge >= 0.3 is 6.03 Å². The highest BCUT2D eigenvalue weighted by molar-refractivity contribution is 6.01. The van der Waals surface area contributed by atoms with E-state index >= 15 is 0 Å². The molecule has 4 heteroatoms. The lowest BCUT2D eigenvalue weighted by Gasteiger charge is -2.15. The number of urea groups is 1. The number of imide groups is 1. The highest BCUT2D eigenvalue weighted by atomic mass is 16.2. The molecule has 84 valence electrons. The zero-order valence-electron chi connectivity index (χ0n) is 9.19. The van der Waals surface area contributed by atoms with Crippen LogP contribution in [0.5, 0.6) is 0 Å². The van der Waals surface area contributed by atoms with Crippen molar-refractivity contribution >= 4 is 11.9 Å². The topological polar surface area (TPSA) is 49.4 Å². The third-order valence-electron chi connectivity index (χ3n) is 2.73. The Labute approximate surface area is 94.2 Å². The fourth-order valence-electron chi connectivity index (χ4n) is 1.87. The van der Waals surface area contributed by atoms with Crippen molar-refractivity contribution in [3.63, 3.8) is 0 Å². The smallest absolute Gasteiger partial charge is 0.311 e. The molecule has 1 fully saturated rings. The molecule has 2 rings (SSSR count). The van der Waals surface area contributed by atoms with Gasteiger partial charge in [-0.2, -0.15) is 0 Å². The summed E-state index contributed by atoms with van der Waals surface area (Å²) in [6.45, 7) is 2.74. The van der Waals surface area contributed by atoms with Crippen LogP contribution in [-0.4, -0.2) is 23.4 Å². The molecule has 0 bridgehead atoms. The molecule has 1 N–H and O–H groups in total. The van der Waals surface area contributed by atoms with Crippen LogP contribution < -0.4 is 5.32 Å². The van der Waals surface area contributed by atoms with Crippen molar-refractivity contribution < 1.29 is 9.59 Å². The Kier molecular flexibility index (Phi) is 2.90. The van der Waals surface area contributed by atoms with Gasteiger partial charge < -0.3 is 4.90 Å². The van der Waals surface area contributed by atoms with Gasteiger partial charge in [-0.15, -0.1) is 0 Å². The molecule has 0 atom stereocenters. The maximum Gasteiger partial charge on any atom is 0.324 e. The van der Waals surface area contributed by atoms with E-state index in [1.165, 1.54) is 10.5 Å². The SMILES string of the molecule is CCc1ccccc1CN1CC(=O)NC1=O. The number of rotatable bonds is 3. The van der Waals surface area contributed by atoms with Gasteiger partial charge in [0.05, 0.1) is 0 Å². The van der Waals surface area contributed by atoms with Gasteiger partial charge in [0.25, 0.3) is 0 Å². The third kappa shape index (κ3) is 2.05. The molecule has 1 aromatic rings. The first-order valence-corrected chi connectivity index (χ1v) is 5.36. The number of nitrogens with one attached hydrogen (secondary N) is 1. The molecule has 0 aromatic heterocycles. The van der Waals surface area contributed by atoms with Crippen LogP contribution in [-0.2, 0) is 17.8 Å². The van der Waals surface area contributed by atoms with Crippen molar-refractivity contribution in [1.29, 1.82) is 0 Å². The van der Waals surface area contributed by atoms with Crippen molar-refractivity contribution in [3.8, 4) is 0 Å². The number of amides is 3. The Bertz CT molecular complexity index is 429. The Morgan fingerprint density at radius 2 is 1.94 bits per heavy atom. The van der Waals surface area contributed by atoms with Gasteiger partial charge in [0.2, 0.25) is 5.91 Å². The standard InChI is InChI=1S/C12H14N2O2/c1-2-9-5-3-4-6-10(9)7-14-8-11(15)13-12(14)16/h3-6H,2,7-8H2,1H3,(H,13,15,16). The molecule has 4 nitrogen and oxygen atoms in total. The summed E-state index contributed by atoms with van der Waals surface area (Å²) >= 11 is 0. The van der Waals surface area contributed by atoms with Gasteiger partial charge in [0, 0.05) is 6.54 Å². The summed E-state index contributed by atoms with van der Waals surface area (Å²) < 4.78 is 0. The van der Waals surface area contributed by atoms with Crippen LogP contribution in [0.2, 0.25) is 0 Å². The van der Waals surface area contributed by atoms with E-state index in [9.17, 15) is 9.59 Å². The fraction of sp³-hybridized carbons (Fsp3) is 0.333. The van der Waals surface area contributed by atoms with Gasteiger partial charge in [-0.3, -0.25) is 10.1 Å². The van der Waals surface area contributed by atoms with Crippen LogP contribution in [0.3, 0.4) is 0 Å². The fourth-order valence-corrected chi connectivity index (χ4v) is 1.87. The second-order valence-electron chi connectivity index (χ2n) is 3.83. The minimum absolute atomic E-state index is 0.164. The quantitative estimate of drug-likeness (QED) is 0.777. The molecule has 1 heterocycles. The number of hydrogen-bond acceptors (Lipinski definition) is 2. The second-order valence-corrected chi connectivity index (χ2v) is 3.83. The lowest BCUT2D eigenvalue weighted by Crippen LogP contribution is -2.28. The minimum atomic E-state index is -0.295. The maximum atomic E-state index is 11.4. The van der Waals surface area contributed by atoms with E-state index < -0.39 is 0 Å². The molecule has 0 aliphatic carbocycles. The second kappa shape index (κ2) is 4.35. The number of benzene rings is 1. The molecule has 1 aliphatic heterocycles. The highest BCUT2D eigenvalue weighted by Gasteiger charge is 2.26.